The molecule has 0 spiro atoms. The highest BCUT2D eigenvalue weighted by atomic mass is 19.1. The first-order valence-electron chi connectivity index (χ1n) is 14.3. The molecule has 0 unspecified atom stereocenters. The summed E-state index contributed by atoms with van der Waals surface area (Å²) in [5.41, 5.74) is 5.85. The molecule has 7 aromatic rings. The van der Waals surface area contributed by atoms with E-state index in [1.165, 1.54) is 6.07 Å². The third-order valence-electron chi connectivity index (χ3n) is 7.86. The maximum Gasteiger partial charge on any atom is 0.149 e. The Kier molecular flexibility index (Phi) is 6.94. The highest BCUT2D eigenvalue weighted by Gasteiger charge is 2.40. The van der Waals surface area contributed by atoms with Crippen LogP contribution in [0, 0.1) is 5.82 Å². The highest BCUT2D eigenvalue weighted by molar-refractivity contribution is 6.14. The van der Waals surface area contributed by atoms with Crippen LogP contribution in [-0.4, -0.2) is 15.5 Å². The molecule has 0 amide bonds. The van der Waals surface area contributed by atoms with Gasteiger partial charge in [0.15, 0.2) is 0 Å². The van der Waals surface area contributed by atoms with E-state index in [-0.39, 0.29) is 5.69 Å². The van der Waals surface area contributed by atoms with Gasteiger partial charge in [-0.25, -0.2) is 14.1 Å². The van der Waals surface area contributed by atoms with Crippen LogP contribution in [0.15, 0.2) is 175 Å². The average Bonchev–Trinajstić information content (AvgIpc) is 3.49. The van der Waals surface area contributed by atoms with Gasteiger partial charge in [-0.1, -0.05) is 152 Å². The van der Waals surface area contributed by atoms with E-state index < -0.39 is 11.4 Å². The van der Waals surface area contributed by atoms with Crippen LogP contribution in [0.1, 0.15) is 27.8 Å². The average molecular weight is 558 g/mol. The Morgan fingerprint density at radius 2 is 0.977 bits per heavy atom. The van der Waals surface area contributed by atoms with Crippen LogP contribution in [-0.2, 0) is 5.54 Å². The minimum atomic E-state index is -0.827. The van der Waals surface area contributed by atoms with Crippen molar-refractivity contribution in [2.24, 2.45) is 4.99 Å². The Hall–Kier alpha value is -5.61. The van der Waals surface area contributed by atoms with Gasteiger partial charge in [0.2, 0.25) is 0 Å². The normalized spacial score (nSPS) is 11.4. The Labute approximate surface area is 250 Å². The van der Waals surface area contributed by atoms with Crippen LogP contribution in [0.2, 0.25) is 0 Å². The van der Waals surface area contributed by atoms with Gasteiger partial charge in [-0.15, -0.1) is 0 Å². The fraction of sp³-hybridized carbons (Fsp3) is 0.0256. The number of nitrogens with zero attached hydrogens (tertiary/aromatic N) is 3. The van der Waals surface area contributed by atoms with E-state index in [2.05, 4.69) is 36.4 Å². The van der Waals surface area contributed by atoms with Crippen LogP contribution in [0.4, 0.5) is 10.1 Å². The largest absolute Gasteiger partial charge is 0.245 e. The Morgan fingerprint density at radius 1 is 0.558 bits per heavy atom. The second kappa shape index (κ2) is 11.3. The van der Waals surface area contributed by atoms with Gasteiger partial charge < -0.3 is 0 Å². The molecule has 0 saturated carbocycles. The first-order chi connectivity index (χ1) is 21.2. The molecule has 206 valence electrons. The van der Waals surface area contributed by atoms with E-state index in [0.717, 1.165) is 33.3 Å². The van der Waals surface area contributed by atoms with E-state index in [1.54, 1.807) is 6.20 Å². The Bertz CT molecular complexity index is 1860. The molecular weight excluding hydrogens is 529 g/mol. The molecule has 0 fully saturated rings. The van der Waals surface area contributed by atoms with Crippen LogP contribution in [0.5, 0.6) is 0 Å². The standard InChI is InChI=1S/C39H28FN3/c40-35-26-31-28-41-43(37(31)27-36(35)42-38(29-16-6-1-7-17-29)30-18-8-2-9-19-30)39(32-20-10-3-11-21-32,33-22-12-4-13-23-33)34-24-14-5-15-25-34/h1-28H. The molecule has 7 rings (SSSR count). The molecule has 0 saturated heterocycles. The van der Waals surface area contributed by atoms with E-state index in [0.29, 0.717) is 11.1 Å². The number of rotatable bonds is 7. The summed E-state index contributed by atoms with van der Waals surface area (Å²) in [5, 5.41) is 5.67. The maximum absolute atomic E-state index is 15.8. The SMILES string of the molecule is Fc1cc2cnn(C(c3ccccc3)(c3ccccc3)c3ccccc3)c2cc1N=C(c1ccccc1)c1ccccc1. The van der Waals surface area contributed by atoms with E-state index in [1.807, 2.05) is 126 Å². The molecule has 1 heterocycles. The maximum atomic E-state index is 15.8. The van der Waals surface area contributed by atoms with E-state index in [4.69, 9.17) is 10.1 Å². The Morgan fingerprint density at radius 3 is 1.42 bits per heavy atom. The third-order valence-corrected chi connectivity index (χ3v) is 7.86. The predicted octanol–water partition coefficient (Wildman–Crippen LogP) is 9.18. The van der Waals surface area contributed by atoms with Gasteiger partial charge in [0.05, 0.1) is 17.4 Å². The molecule has 0 aliphatic rings. The lowest BCUT2D eigenvalue weighted by Crippen LogP contribution is -2.38. The van der Waals surface area contributed by atoms with Crippen molar-refractivity contribution in [1.29, 1.82) is 0 Å². The predicted molar refractivity (Wildman–Crippen MR) is 172 cm³/mol. The zero-order valence-electron chi connectivity index (χ0n) is 23.4. The van der Waals surface area contributed by atoms with Crippen LogP contribution in [0.25, 0.3) is 10.9 Å². The first kappa shape index (κ1) is 26.3. The summed E-state index contributed by atoms with van der Waals surface area (Å²) < 4.78 is 17.9. The van der Waals surface area contributed by atoms with Crippen molar-refractivity contribution in [3.05, 3.63) is 204 Å². The van der Waals surface area contributed by atoms with E-state index in [9.17, 15) is 0 Å². The van der Waals surface area contributed by atoms with Gasteiger partial charge >= 0.3 is 0 Å². The number of benzene rings is 6. The number of hydrogen-bond acceptors (Lipinski definition) is 2. The zero-order valence-corrected chi connectivity index (χ0v) is 23.4. The molecule has 6 aromatic carbocycles. The molecular formula is C39H28FN3. The molecule has 0 radical (unpaired) electrons. The topological polar surface area (TPSA) is 30.2 Å². The number of halogens is 1. The number of aliphatic imine (C=N–C) groups is 1. The fourth-order valence-electron chi connectivity index (χ4n) is 5.90. The summed E-state index contributed by atoms with van der Waals surface area (Å²) in [7, 11) is 0. The van der Waals surface area contributed by atoms with Gasteiger partial charge in [0, 0.05) is 16.5 Å². The van der Waals surface area contributed by atoms with Gasteiger partial charge in [-0.2, -0.15) is 5.10 Å². The fourth-order valence-corrected chi connectivity index (χ4v) is 5.90. The van der Waals surface area contributed by atoms with Crippen LogP contribution >= 0.6 is 0 Å². The summed E-state index contributed by atoms with van der Waals surface area (Å²) in [5.74, 6) is -0.402. The van der Waals surface area contributed by atoms with Gasteiger partial charge in [-0.05, 0) is 28.8 Å². The van der Waals surface area contributed by atoms with E-state index >= 15 is 4.39 Å². The zero-order chi connectivity index (χ0) is 29.1. The monoisotopic (exact) mass is 557 g/mol. The number of aromatic nitrogens is 2. The number of fused-ring (bicyclic) bond motifs is 1. The molecule has 43 heavy (non-hydrogen) atoms. The quantitative estimate of drug-likeness (QED) is 0.142. The second-order valence-corrected chi connectivity index (χ2v) is 10.4. The van der Waals surface area contributed by atoms with Crippen LogP contribution in [0.3, 0.4) is 0 Å². The highest BCUT2D eigenvalue weighted by Crippen LogP contribution is 2.43. The summed E-state index contributed by atoms with van der Waals surface area (Å²) in [4.78, 5) is 4.97. The molecule has 0 atom stereocenters. The van der Waals surface area contributed by atoms with Crippen molar-refractivity contribution < 1.29 is 4.39 Å². The molecule has 0 N–H and O–H groups in total. The van der Waals surface area contributed by atoms with Crippen molar-refractivity contribution in [3.63, 3.8) is 0 Å². The van der Waals surface area contributed by atoms with Crippen molar-refractivity contribution in [2.75, 3.05) is 0 Å². The van der Waals surface area contributed by atoms with Gasteiger partial charge in [0.25, 0.3) is 0 Å². The molecule has 0 aliphatic heterocycles. The minimum absolute atomic E-state index is 0.250. The smallest absolute Gasteiger partial charge is 0.149 e. The molecule has 1 aromatic heterocycles. The molecule has 0 aliphatic carbocycles. The van der Waals surface area contributed by atoms with Crippen molar-refractivity contribution in [2.45, 2.75) is 5.54 Å². The summed E-state index contributed by atoms with van der Waals surface area (Å²) in [6, 6.07) is 54.2. The lowest BCUT2D eigenvalue weighted by atomic mass is 9.77. The third kappa shape index (κ3) is 4.73. The molecule has 0 bridgehead atoms. The van der Waals surface area contributed by atoms with Gasteiger partial charge in [0.1, 0.15) is 17.0 Å². The summed E-state index contributed by atoms with van der Waals surface area (Å²) >= 11 is 0. The van der Waals surface area contributed by atoms with Crippen molar-refractivity contribution >= 4 is 22.3 Å². The lowest BCUT2D eigenvalue weighted by Gasteiger charge is -2.37. The minimum Gasteiger partial charge on any atom is -0.245 e. The first-order valence-corrected chi connectivity index (χ1v) is 14.3. The molecule has 4 heteroatoms. The van der Waals surface area contributed by atoms with Crippen molar-refractivity contribution in [1.82, 2.24) is 9.78 Å². The molecule has 3 nitrogen and oxygen atoms in total. The summed E-state index contributed by atoms with van der Waals surface area (Å²) in [6.45, 7) is 0. The lowest BCUT2D eigenvalue weighted by molar-refractivity contribution is 0.476. The number of hydrogen-bond donors (Lipinski definition) is 0. The van der Waals surface area contributed by atoms with Crippen LogP contribution < -0.4 is 0 Å². The van der Waals surface area contributed by atoms with Crippen molar-refractivity contribution in [3.8, 4) is 0 Å². The van der Waals surface area contributed by atoms with Gasteiger partial charge in [-0.3, -0.25) is 0 Å². The summed E-state index contributed by atoms with van der Waals surface area (Å²) in [6.07, 6.45) is 1.74. The Balaban J connectivity index is 1.53. The second-order valence-electron chi connectivity index (χ2n) is 10.4.